The number of methoxy groups -OCH3 is 1. The van der Waals surface area contributed by atoms with Gasteiger partial charge in [-0.25, -0.2) is 8.42 Å². The Labute approximate surface area is 200 Å². The molecule has 0 radical (unpaired) electrons. The summed E-state index contributed by atoms with van der Waals surface area (Å²) in [4.78, 5) is 28.7. The van der Waals surface area contributed by atoms with Crippen LogP contribution in [0, 0.1) is 0 Å². The van der Waals surface area contributed by atoms with E-state index in [0.29, 0.717) is 12.3 Å². The Bertz CT molecular complexity index is 1130. The summed E-state index contributed by atoms with van der Waals surface area (Å²) in [5.41, 5.74) is -0.393. The number of nitrogens with zero attached hydrogens (tertiary/aromatic N) is 2. The molecule has 2 amide bonds. The summed E-state index contributed by atoms with van der Waals surface area (Å²) >= 11 is 0. The van der Waals surface area contributed by atoms with Gasteiger partial charge in [-0.3, -0.25) is 9.59 Å². The molecular weight excluding hydrogens is 454 g/mol. The van der Waals surface area contributed by atoms with Crippen LogP contribution in [-0.2, 0) is 26.2 Å². The van der Waals surface area contributed by atoms with Crippen LogP contribution in [-0.4, -0.2) is 61.2 Å². The van der Waals surface area contributed by atoms with Crippen molar-refractivity contribution < 1.29 is 22.7 Å². The molecule has 1 atom stereocenters. The third-order valence-electron chi connectivity index (χ3n) is 6.77. The summed E-state index contributed by atoms with van der Waals surface area (Å²) in [6.45, 7) is 1.59. The van der Waals surface area contributed by atoms with Gasteiger partial charge in [0.2, 0.25) is 21.8 Å². The summed E-state index contributed by atoms with van der Waals surface area (Å²) in [6, 6.07) is 15.5. The number of amides is 2. The highest BCUT2D eigenvalue weighted by Gasteiger charge is 2.52. The second kappa shape index (κ2) is 9.76. The number of carbonyl (C=O) groups is 2. The van der Waals surface area contributed by atoms with E-state index in [1.165, 1.54) is 19.2 Å². The second-order valence-corrected chi connectivity index (χ2v) is 11.0. The summed E-state index contributed by atoms with van der Waals surface area (Å²) in [5.74, 6) is -0.162. The maximum absolute atomic E-state index is 13.6. The van der Waals surface area contributed by atoms with Gasteiger partial charge in [-0.15, -0.1) is 0 Å². The number of benzene rings is 2. The number of hydrogen-bond donors (Lipinski definition) is 1. The lowest BCUT2D eigenvalue weighted by Gasteiger charge is -2.49. The van der Waals surface area contributed by atoms with Gasteiger partial charge in [-0.05, 0) is 49.6 Å². The molecular formula is C25H31N3O5S. The minimum absolute atomic E-state index is 0.0578. The van der Waals surface area contributed by atoms with Crippen molar-refractivity contribution in [3.8, 4) is 5.75 Å². The van der Waals surface area contributed by atoms with Crippen LogP contribution in [0.5, 0.6) is 5.75 Å². The summed E-state index contributed by atoms with van der Waals surface area (Å²) < 4.78 is 33.1. The molecule has 2 aromatic carbocycles. The van der Waals surface area contributed by atoms with E-state index in [1.54, 1.807) is 24.0 Å². The van der Waals surface area contributed by atoms with E-state index in [2.05, 4.69) is 5.32 Å². The van der Waals surface area contributed by atoms with Crippen LogP contribution in [0.4, 0.5) is 0 Å². The highest BCUT2D eigenvalue weighted by atomic mass is 32.2. The van der Waals surface area contributed by atoms with Crippen LogP contribution in [0.25, 0.3) is 0 Å². The van der Waals surface area contributed by atoms with Crippen molar-refractivity contribution in [1.29, 1.82) is 0 Å². The third kappa shape index (κ3) is 4.67. The molecule has 8 nitrogen and oxygen atoms in total. The fourth-order valence-corrected chi connectivity index (χ4v) is 6.44. The lowest BCUT2D eigenvalue weighted by Crippen LogP contribution is -2.71. The fourth-order valence-electron chi connectivity index (χ4n) is 4.96. The van der Waals surface area contributed by atoms with Crippen molar-refractivity contribution in [1.82, 2.24) is 14.5 Å². The Morgan fingerprint density at radius 3 is 2.35 bits per heavy atom. The Balaban J connectivity index is 1.63. The van der Waals surface area contributed by atoms with Crippen LogP contribution in [0.1, 0.15) is 38.2 Å². The highest BCUT2D eigenvalue weighted by Crippen LogP contribution is 2.35. The molecule has 1 aliphatic carbocycles. The smallest absolute Gasteiger partial charge is 0.247 e. The molecule has 4 rings (SSSR count). The monoisotopic (exact) mass is 485 g/mol. The van der Waals surface area contributed by atoms with Crippen LogP contribution in [0.3, 0.4) is 0 Å². The number of rotatable bonds is 7. The maximum Gasteiger partial charge on any atom is 0.247 e. The molecule has 182 valence electrons. The fraction of sp³-hybridized carbons (Fsp3) is 0.440. The molecule has 0 aromatic heterocycles. The zero-order valence-corrected chi connectivity index (χ0v) is 20.4. The number of nitrogens with one attached hydrogen (secondary N) is 1. The maximum atomic E-state index is 13.6. The number of piperazine rings is 1. The molecule has 34 heavy (non-hydrogen) atoms. The van der Waals surface area contributed by atoms with E-state index in [-0.39, 0.29) is 35.8 Å². The first-order chi connectivity index (χ1) is 16.3. The number of sulfonamides is 1. The topological polar surface area (TPSA) is 96.0 Å². The molecule has 0 spiro atoms. The van der Waals surface area contributed by atoms with Crippen LogP contribution >= 0.6 is 0 Å². The van der Waals surface area contributed by atoms with Crippen molar-refractivity contribution in [2.75, 3.05) is 20.2 Å². The summed E-state index contributed by atoms with van der Waals surface area (Å²) in [7, 11) is -2.48. The average Bonchev–Trinajstić information content (AvgIpc) is 3.37. The minimum Gasteiger partial charge on any atom is -0.497 e. The predicted octanol–water partition coefficient (Wildman–Crippen LogP) is 2.55. The Morgan fingerprint density at radius 1 is 1.09 bits per heavy atom. The first-order valence-corrected chi connectivity index (χ1v) is 13.0. The SMILES string of the molecule is COc1ccc(S(=O)(=O)N2CC(=O)N(C3CCCC3)[C@@](C)(C(=O)NCc3ccccc3)C2)cc1. The molecule has 2 fully saturated rings. The van der Waals surface area contributed by atoms with Crippen LogP contribution in [0.15, 0.2) is 59.5 Å². The van der Waals surface area contributed by atoms with Gasteiger partial charge < -0.3 is 15.0 Å². The molecule has 0 bridgehead atoms. The Hall–Kier alpha value is -2.91. The van der Waals surface area contributed by atoms with E-state index >= 15 is 0 Å². The van der Waals surface area contributed by atoms with E-state index in [9.17, 15) is 18.0 Å². The van der Waals surface area contributed by atoms with Crippen LogP contribution < -0.4 is 10.1 Å². The average molecular weight is 486 g/mol. The van der Waals surface area contributed by atoms with Crippen molar-refractivity contribution in [2.45, 2.75) is 55.6 Å². The molecule has 2 aliphatic rings. The Kier molecular flexibility index (Phi) is 6.95. The Morgan fingerprint density at radius 2 is 1.74 bits per heavy atom. The van der Waals surface area contributed by atoms with Crippen molar-refractivity contribution in [3.63, 3.8) is 0 Å². The van der Waals surface area contributed by atoms with E-state index in [0.717, 1.165) is 35.6 Å². The van der Waals surface area contributed by atoms with Gasteiger partial charge in [0.1, 0.15) is 11.3 Å². The highest BCUT2D eigenvalue weighted by molar-refractivity contribution is 7.89. The molecule has 1 N–H and O–H groups in total. The number of ether oxygens (including phenoxy) is 1. The lowest BCUT2D eigenvalue weighted by atomic mass is 9.92. The van der Waals surface area contributed by atoms with Gasteiger partial charge in [0.05, 0.1) is 18.6 Å². The summed E-state index contributed by atoms with van der Waals surface area (Å²) in [5, 5.41) is 2.94. The molecule has 9 heteroatoms. The second-order valence-electron chi connectivity index (χ2n) is 9.09. The molecule has 2 aromatic rings. The van der Waals surface area contributed by atoms with Crippen molar-refractivity contribution in [3.05, 3.63) is 60.2 Å². The molecule has 1 saturated carbocycles. The third-order valence-corrected chi connectivity index (χ3v) is 8.57. The quantitative estimate of drug-likeness (QED) is 0.650. The number of carbonyl (C=O) groups excluding carboxylic acids is 2. The zero-order chi connectivity index (χ0) is 24.3. The summed E-state index contributed by atoms with van der Waals surface area (Å²) in [6.07, 6.45) is 3.62. The van der Waals surface area contributed by atoms with Gasteiger partial charge >= 0.3 is 0 Å². The standard InChI is InChI=1S/C25H31N3O5S/c1-25(24(30)26-16-19-8-4-3-5-9-19)18-27(17-23(29)28(25)20-10-6-7-11-20)34(31,32)22-14-12-21(33-2)13-15-22/h3-5,8-9,12-15,20H,6-7,10-11,16-18H2,1-2H3,(H,26,30)/t25-/m1/s1. The van der Waals surface area contributed by atoms with E-state index < -0.39 is 15.6 Å². The molecule has 0 unspecified atom stereocenters. The van der Waals surface area contributed by atoms with Crippen molar-refractivity contribution >= 4 is 21.8 Å². The molecule has 1 heterocycles. The predicted molar refractivity (Wildman–Crippen MR) is 128 cm³/mol. The minimum atomic E-state index is -3.99. The van der Waals surface area contributed by atoms with Gasteiger partial charge in [-0.2, -0.15) is 4.31 Å². The van der Waals surface area contributed by atoms with Gasteiger partial charge in [0.15, 0.2) is 0 Å². The largest absolute Gasteiger partial charge is 0.497 e. The van der Waals surface area contributed by atoms with Crippen molar-refractivity contribution in [2.24, 2.45) is 0 Å². The first-order valence-electron chi connectivity index (χ1n) is 11.5. The lowest BCUT2D eigenvalue weighted by molar-refractivity contribution is -0.156. The van der Waals surface area contributed by atoms with Gasteiger partial charge in [0.25, 0.3) is 0 Å². The first kappa shape index (κ1) is 24.2. The van der Waals surface area contributed by atoms with Gasteiger partial charge in [0, 0.05) is 19.1 Å². The molecule has 1 aliphatic heterocycles. The van der Waals surface area contributed by atoms with E-state index in [4.69, 9.17) is 4.74 Å². The van der Waals surface area contributed by atoms with E-state index in [1.807, 2.05) is 30.3 Å². The zero-order valence-electron chi connectivity index (χ0n) is 19.6. The normalized spacial score (nSPS) is 22.1. The number of hydrogen-bond acceptors (Lipinski definition) is 5. The van der Waals surface area contributed by atoms with Gasteiger partial charge in [-0.1, -0.05) is 43.2 Å². The molecule has 1 saturated heterocycles. The van der Waals surface area contributed by atoms with Crippen LogP contribution in [0.2, 0.25) is 0 Å².